The second-order valence-electron chi connectivity index (χ2n) is 4.22. The second-order valence-corrected chi connectivity index (χ2v) is 4.22. The molecular formula is C12H16FNO2. The fourth-order valence-corrected chi connectivity index (χ4v) is 1.84. The summed E-state index contributed by atoms with van der Waals surface area (Å²) in [5.41, 5.74) is 7.28. The number of hydrogen-bond acceptors (Lipinski definition) is 3. The lowest BCUT2D eigenvalue weighted by atomic mass is 9.99. The van der Waals surface area contributed by atoms with Crippen molar-refractivity contribution in [1.29, 1.82) is 0 Å². The van der Waals surface area contributed by atoms with E-state index in [1.165, 1.54) is 6.07 Å². The van der Waals surface area contributed by atoms with Gasteiger partial charge in [0.25, 0.3) is 0 Å². The van der Waals surface area contributed by atoms with E-state index in [-0.39, 0.29) is 12.6 Å². The molecule has 16 heavy (non-hydrogen) atoms. The molecule has 1 aliphatic heterocycles. The third kappa shape index (κ3) is 2.33. The van der Waals surface area contributed by atoms with Crippen molar-refractivity contribution in [3.8, 4) is 5.75 Å². The van der Waals surface area contributed by atoms with Crippen LogP contribution in [0.2, 0.25) is 0 Å². The first-order valence-corrected chi connectivity index (χ1v) is 5.42. The molecule has 1 unspecified atom stereocenters. The van der Waals surface area contributed by atoms with Crippen LogP contribution in [0.4, 0.5) is 4.39 Å². The van der Waals surface area contributed by atoms with Crippen LogP contribution in [0.1, 0.15) is 18.1 Å². The molecule has 0 spiro atoms. The molecule has 4 heteroatoms. The Hall–Kier alpha value is -1.13. The van der Waals surface area contributed by atoms with Crippen molar-refractivity contribution in [3.05, 3.63) is 29.1 Å². The molecule has 3 nitrogen and oxygen atoms in total. The molecule has 2 rings (SSSR count). The van der Waals surface area contributed by atoms with Gasteiger partial charge in [-0.25, -0.2) is 4.39 Å². The zero-order valence-electron chi connectivity index (χ0n) is 9.33. The van der Waals surface area contributed by atoms with Crippen molar-refractivity contribution < 1.29 is 13.9 Å². The van der Waals surface area contributed by atoms with Gasteiger partial charge in [-0.2, -0.15) is 0 Å². The summed E-state index contributed by atoms with van der Waals surface area (Å²) >= 11 is 0. The number of hydrogen-bond donors (Lipinski definition) is 1. The van der Waals surface area contributed by atoms with Gasteiger partial charge in [-0.3, -0.25) is 0 Å². The van der Waals surface area contributed by atoms with Gasteiger partial charge in [-0.05, 0) is 36.6 Å². The summed E-state index contributed by atoms with van der Waals surface area (Å²) in [4.78, 5) is 0. The molecule has 88 valence electrons. The summed E-state index contributed by atoms with van der Waals surface area (Å²) in [7, 11) is 0. The van der Waals surface area contributed by atoms with Gasteiger partial charge in [0.1, 0.15) is 0 Å². The molecular weight excluding hydrogens is 209 g/mol. The van der Waals surface area contributed by atoms with Crippen LogP contribution in [-0.2, 0) is 17.8 Å². The maximum atomic E-state index is 13.7. The quantitative estimate of drug-likeness (QED) is 0.853. The van der Waals surface area contributed by atoms with E-state index in [1.807, 2.05) is 13.0 Å². The van der Waals surface area contributed by atoms with Crippen LogP contribution < -0.4 is 10.5 Å². The molecule has 0 bridgehead atoms. The van der Waals surface area contributed by atoms with Crippen LogP contribution in [0.25, 0.3) is 0 Å². The largest absolute Gasteiger partial charge is 0.464 e. The minimum absolute atomic E-state index is 0.127. The van der Waals surface area contributed by atoms with E-state index < -0.39 is 0 Å². The highest BCUT2D eigenvalue weighted by Crippen LogP contribution is 2.29. The summed E-state index contributed by atoms with van der Waals surface area (Å²) in [6.07, 6.45) is 0.778. The Labute approximate surface area is 94.3 Å². The van der Waals surface area contributed by atoms with E-state index in [2.05, 4.69) is 0 Å². The fraction of sp³-hybridized carbons (Fsp3) is 0.500. The molecule has 0 saturated heterocycles. The number of nitrogens with two attached hydrogens (primary N) is 1. The number of ether oxygens (including phenoxy) is 2. The fourth-order valence-electron chi connectivity index (χ4n) is 1.84. The van der Waals surface area contributed by atoms with Crippen molar-refractivity contribution >= 4 is 0 Å². The molecule has 0 fully saturated rings. The first-order chi connectivity index (χ1) is 7.70. The topological polar surface area (TPSA) is 44.5 Å². The summed E-state index contributed by atoms with van der Waals surface area (Å²) in [6, 6.07) is 3.46. The van der Waals surface area contributed by atoms with Gasteiger partial charge in [0, 0.05) is 5.56 Å². The molecule has 0 amide bonds. The standard InChI is InChI=1S/C12H16FNO2/c1-8(5-14)2-9-3-10-6-15-7-16-12(10)11(13)4-9/h3-4,8H,2,5-7,14H2,1H3. The smallest absolute Gasteiger partial charge is 0.189 e. The van der Waals surface area contributed by atoms with E-state index in [0.717, 1.165) is 17.5 Å². The van der Waals surface area contributed by atoms with Gasteiger partial charge in [0.15, 0.2) is 18.4 Å². The number of halogens is 1. The van der Waals surface area contributed by atoms with Gasteiger partial charge in [0.05, 0.1) is 6.61 Å². The summed E-state index contributed by atoms with van der Waals surface area (Å²) in [5.74, 6) is 0.373. The van der Waals surface area contributed by atoms with E-state index in [9.17, 15) is 4.39 Å². The van der Waals surface area contributed by atoms with E-state index in [1.54, 1.807) is 0 Å². The Bertz CT molecular complexity index is 382. The third-order valence-electron chi connectivity index (χ3n) is 2.71. The minimum atomic E-state index is -0.306. The van der Waals surface area contributed by atoms with Crippen molar-refractivity contribution in [2.24, 2.45) is 11.7 Å². The predicted octanol–water partition coefficient (Wildman–Crippen LogP) is 1.83. The highest BCUT2D eigenvalue weighted by molar-refractivity contribution is 5.39. The van der Waals surface area contributed by atoms with E-state index in [0.29, 0.717) is 24.8 Å². The van der Waals surface area contributed by atoms with Crippen LogP contribution in [-0.4, -0.2) is 13.3 Å². The minimum Gasteiger partial charge on any atom is -0.464 e. The maximum Gasteiger partial charge on any atom is 0.189 e. The third-order valence-corrected chi connectivity index (χ3v) is 2.71. The van der Waals surface area contributed by atoms with Crippen molar-refractivity contribution in [2.45, 2.75) is 20.0 Å². The van der Waals surface area contributed by atoms with Crippen LogP contribution in [0, 0.1) is 11.7 Å². The van der Waals surface area contributed by atoms with Crippen LogP contribution in [0.5, 0.6) is 5.75 Å². The lowest BCUT2D eigenvalue weighted by molar-refractivity contribution is -0.0191. The molecule has 0 saturated carbocycles. The molecule has 1 atom stereocenters. The molecule has 1 aromatic carbocycles. The molecule has 0 aliphatic carbocycles. The van der Waals surface area contributed by atoms with Crippen molar-refractivity contribution in [1.82, 2.24) is 0 Å². The van der Waals surface area contributed by atoms with E-state index >= 15 is 0 Å². The molecule has 1 aromatic rings. The monoisotopic (exact) mass is 225 g/mol. The number of benzene rings is 1. The molecule has 2 N–H and O–H groups in total. The molecule has 0 aromatic heterocycles. The number of fused-ring (bicyclic) bond motifs is 1. The lowest BCUT2D eigenvalue weighted by Gasteiger charge is -2.19. The SMILES string of the molecule is CC(CN)Cc1cc(F)c2c(c1)COCO2. The summed E-state index contributed by atoms with van der Waals surface area (Å²) in [5, 5.41) is 0. The first kappa shape index (κ1) is 11.4. The average molecular weight is 225 g/mol. The lowest BCUT2D eigenvalue weighted by Crippen LogP contribution is -2.16. The van der Waals surface area contributed by atoms with Crippen LogP contribution >= 0.6 is 0 Å². The van der Waals surface area contributed by atoms with Gasteiger partial charge >= 0.3 is 0 Å². The Morgan fingerprint density at radius 2 is 2.31 bits per heavy atom. The van der Waals surface area contributed by atoms with E-state index in [4.69, 9.17) is 15.2 Å². The molecule has 1 aliphatic rings. The zero-order valence-corrected chi connectivity index (χ0v) is 9.33. The molecule has 0 radical (unpaired) electrons. The normalized spacial score (nSPS) is 16.4. The van der Waals surface area contributed by atoms with Gasteiger partial charge in [0.2, 0.25) is 0 Å². The Morgan fingerprint density at radius 1 is 1.50 bits per heavy atom. The Morgan fingerprint density at radius 3 is 3.06 bits per heavy atom. The van der Waals surface area contributed by atoms with Crippen LogP contribution in [0.3, 0.4) is 0 Å². The van der Waals surface area contributed by atoms with Gasteiger partial charge in [-0.1, -0.05) is 6.92 Å². The second kappa shape index (κ2) is 4.80. The summed E-state index contributed by atoms with van der Waals surface area (Å²) < 4.78 is 23.9. The summed E-state index contributed by atoms with van der Waals surface area (Å²) in [6.45, 7) is 3.19. The number of rotatable bonds is 3. The first-order valence-electron chi connectivity index (χ1n) is 5.42. The Kier molecular flexibility index (Phi) is 3.41. The van der Waals surface area contributed by atoms with Crippen LogP contribution in [0.15, 0.2) is 12.1 Å². The Balaban J connectivity index is 2.24. The molecule has 1 heterocycles. The predicted molar refractivity (Wildman–Crippen MR) is 58.6 cm³/mol. The van der Waals surface area contributed by atoms with Crippen molar-refractivity contribution in [2.75, 3.05) is 13.3 Å². The van der Waals surface area contributed by atoms with Crippen molar-refractivity contribution in [3.63, 3.8) is 0 Å². The maximum absolute atomic E-state index is 13.7. The highest BCUT2D eigenvalue weighted by Gasteiger charge is 2.17. The zero-order chi connectivity index (χ0) is 11.5. The average Bonchev–Trinajstić information content (AvgIpc) is 2.29. The van der Waals surface area contributed by atoms with Gasteiger partial charge in [-0.15, -0.1) is 0 Å². The highest BCUT2D eigenvalue weighted by atomic mass is 19.1. The van der Waals surface area contributed by atoms with Gasteiger partial charge < -0.3 is 15.2 Å².